The number of halogens is 1. The largest absolute Gasteiger partial charge is 0.313 e. The van der Waals surface area contributed by atoms with E-state index in [0.717, 1.165) is 13.1 Å². The first-order chi connectivity index (χ1) is 8.24. The van der Waals surface area contributed by atoms with Gasteiger partial charge < -0.3 is 5.32 Å². The molecular weight excluding hydrogens is 246 g/mol. The molecule has 1 N–H and O–H groups in total. The van der Waals surface area contributed by atoms with Crippen molar-refractivity contribution in [1.82, 2.24) is 15.1 Å². The van der Waals surface area contributed by atoms with Crippen LogP contribution in [-0.2, 0) is 6.54 Å². The van der Waals surface area contributed by atoms with Crippen LogP contribution < -0.4 is 5.32 Å². The topological polar surface area (TPSA) is 29.9 Å². The quantitative estimate of drug-likeness (QED) is 0.691. The zero-order valence-corrected chi connectivity index (χ0v) is 12.8. The van der Waals surface area contributed by atoms with Gasteiger partial charge in [-0.1, -0.05) is 32.6 Å². The van der Waals surface area contributed by atoms with E-state index in [2.05, 4.69) is 37.4 Å². The van der Waals surface area contributed by atoms with E-state index in [1.54, 1.807) is 0 Å². The van der Waals surface area contributed by atoms with Crippen molar-refractivity contribution in [3.63, 3.8) is 0 Å². The summed E-state index contributed by atoms with van der Waals surface area (Å²) in [5.41, 5.74) is 1.28. The van der Waals surface area contributed by atoms with E-state index in [-0.39, 0.29) is 12.4 Å². The normalized spacial score (nSPS) is 10.7. The molecular formula is C14H28ClN3. The Kier molecular flexibility index (Phi) is 10.1. The molecule has 0 aliphatic heterocycles. The smallest absolute Gasteiger partial charge is 0.0534 e. The van der Waals surface area contributed by atoms with Gasteiger partial charge >= 0.3 is 0 Å². The van der Waals surface area contributed by atoms with Crippen molar-refractivity contribution < 1.29 is 0 Å². The highest BCUT2D eigenvalue weighted by molar-refractivity contribution is 5.85. The summed E-state index contributed by atoms with van der Waals surface area (Å²) >= 11 is 0. The molecule has 0 unspecified atom stereocenters. The summed E-state index contributed by atoms with van der Waals surface area (Å²) in [6, 6.07) is 0.456. The van der Waals surface area contributed by atoms with Crippen LogP contribution in [-0.4, -0.2) is 16.3 Å². The fourth-order valence-electron chi connectivity index (χ4n) is 1.84. The van der Waals surface area contributed by atoms with E-state index in [1.165, 1.54) is 37.7 Å². The third kappa shape index (κ3) is 7.02. The first kappa shape index (κ1) is 17.5. The number of hydrogen-bond acceptors (Lipinski definition) is 2. The van der Waals surface area contributed by atoms with Crippen molar-refractivity contribution in [2.45, 2.75) is 65.5 Å². The molecule has 0 fully saturated rings. The SMILES string of the molecule is CCCCCCCNCc1cnn(C(C)C)c1.Cl. The summed E-state index contributed by atoms with van der Waals surface area (Å²) in [7, 11) is 0. The van der Waals surface area contributed by atoms with Crippen LogP contribution in [0.1, 0.15) is 64.5 Å². The van der Waals surface area contributed by atoms with Crippen LogP contribution in [0.15, 0.2) is 12.4 Å². The first-order valence-electron chi connectivity index (χ1n) is 6.97. The molecule has 0 radical (unpaired) electrons. The summed E-state index contributed by atoms with van der Waals surface area (Å²) < 4.78 is 2.01. The Morgan fingerprint density at radius 1 is 1.22 bits per heavy atom. The summed E-state index contributed by atoms with van der Waals surface area (Å²) in [5, 5.41) is 7.81. The van der Waals surface area contributed by atoms with Crippen molar-refractivity contribution >= 4 is 12.4 Å². The predicted molar refractivity (Wildman–Crippen MR) is 80.3 cm³/mol. The maximum Gasteiger partial charge on any atom is 0.0534 e. The maximum absolute atomic E-state index is 4.33. The van der Waals surface area contributed by atoms with Crippen LogP contribution in [0.25, 0.3) is 0 Å². The molecule has 1 rings (SSSR count). The molecule has 0 saturated heterocycles. The summed E-state index contributed by atoms with van der Waals surface area (Å²) in [5.74, 6) is 0. The average Bonchev–Trinajstić information content (AvgIpc) is 2.77. The second-order valence-electron chi connectivity index (χ2n) is 5.01. The van der Waals surface area contributed by atoms with Gasteiger partial charge in [0.15, 0.2) is 0 Å². The number of rotatable bonds is 9. The molecule has 0 saturated carbocycles. The zero-order valence-electron chi connectivity index (χ0n) is 12.0. The van der Waals surface area contributed by atoms with Gasteiger partial charge in [0.25, 0.3) is 0 Å². The van der Waals surface area contributed by atoms with Gasteiger partial charge in [0.1, 0.15) is 0 Å². The molecule has 0 aromatic carbocycles. The first-order valence-corrected chi connectivity index (χ1v) is 6.97. The summed E-state index contributed by atoms with van der Waals surface area (Å²) in [4.78, 5) is 0. The summed E-state index contributed by atoms with van der Waals surface area (Å²) in [6.07, 6.45) is 10.8. The lowest BCUT2D eigenvalue weighted by atomic mass is 10.1. The minimum Gasteiger partial charge on any atom is -0.313 e. The minimum absolute atomic E-state index is 0. The van der Waals surface area contributed by atoms with Crippen molar-refractivity contribution in [1.29, 1.82) is 0 Å². The minimum atomic E-state index is 0. The molecule has 0 spiro atoms. The van der Waals surface area contributed by atoms with Crippen LogP contribution in [0.5, 0.6) is 0 Å². The average molecular weight is 274 g/mol. The molecule has 0 bridgehead atoms. The lowest BCUT2D eigenvalue weighted by Crippen LogP contribution is -2.14. The Labute approximate surface area is 118 Å². The number of aromatic nitrogens is 2. The van der Waals surface area contributed by atoms with Crippen LogP contribution in [0.3, 0.4) is 0 Å². The Hall–Kier alpha value is -0.540. The van der Waals surface area contributed by atoms with E-state index >= 15 is 0 Å². The van der Waals surface area contributed by atoms with Crippen LogP contribution in [0, 0.1) is 0 Å². The Morgan fingerprint density at radius 3 is 2.56 bits per heavy atom. The van der Waals surface area contributed by atoms with E-state index < -0.39 is 0 Å². The van der Waals surface area contributed by atoms with Crippen molar-refractivity contribution in [3.8, 4) is 0 Å². The fourth-order valence-corrected chi connectivity index (χ4v) is 1.84. The highest BCUT2D eigenvalue weighted by Gasteiger charge is 2.00. The van der Waals surface area contributed by atoms with E-state index in [1.807, 2.05) is 10.9 Å². The second-order valence-corrected chi connectivity index (χ2v) is 5.01. The Balaban J connectivity index is 0.00000289. The molecule has 3 nitrogen and oxygen atoms in total. The van der Waals surface area contributed by atoms with Crippen molar-refractivity contribution in [2.24, 2.45) is 0 Å². The van der Waals surface area contributed by atoms with Gasteiger partial charge in [0, 0.05) is 24.3 Å². The molecule has 1 aromatic heterocycles. The molecule has 0 atom stereocenters. The van der Waals surface area contributed by atoms with Crippen molar-refractivity contribution in [2.75, 3.05) is 6.54 Å². The van der Waals surface area contributed by atoms with Crippen LogP contribution >= 0.6 is 12.4 Å². The third-order valence-corrected chi connectivity index (χ3v) is 2.97. The van der Waals surface area contributed by atoms with Gasteiger partial charge in [-0.05, 0) is 26.8 Å². The standard InChI is InChI=1S/C14H27N3.ClH/c1-4-5-6-7-8-9-15-10-14-11-16-17(12-14)13(2)3;/h11-13,15H,4-10H2,1-3H3;1H. The fraction of sp³-hybridized carbons (Fsp3) is 0.786. The molecule has 0 aliphatic carbocycles. The third-order valence-electron chi connectivity index (χ3n) is 2.97. The van der Waals surface area contributed by atoms with E-state index in [9.17, 15) is 0 Å². The molecule has 0 aliphatic rings. The van der Waals surface area contributed by atoms with Crippen LogP contribution in [0.2, 0.25) is 0 Å². The predicted octanol–water partition coefficient (Wildman–Crippen LogP) is 3.95. The van der Waals surface area contributed by atoms with Gasteiger partial charge in [0.2, 0.25) is 0 Å². The Bertz CT molecular complexity index is 297. The van der Waals surface area contributed by atoms with Gasteiger partial charge in [-0.25, -0.2) is 0 Å². The second kappa shape index (κ2) is 10.4. The zero-order chi connectivity index (χ0) is 12.5. The maximum atomic E-state index is 4.33. The lowest BCUT2D eigenvalue weighted by Gasteiger charge is -2.04. The number of nitrogens with one attached hydrogen (secondary N) is 1. The highest BCUT2D eigenvalue weighted by atomic mass is 35.5. The summed E-state index contributed by atoms with van der Waals surface area (Å²) in [6.45, 7) is 8.62. The highest BCUT2D eigenvalue weighted by Crippen LogP contribution is 2.05. The van der Waals surface area contributed by atoms with Crippen molar-refractivity contribution in [3.05, 3.63) is 18.0 Å². The molecule has 4 heteroatoms. The Morgan fingerprint density at radius 2 is 1.94 bits per heavy atom. The molecule has 1 aromatic rings. The molecule has 0 amide bonds. The van der Waals surface area contributed by atoms with Crippen LogP contribution in [0.4, 0.5) is 0 Å². The van der Waals surface area contributed by atoms with Gasteiger partial charge in [-0.15, -0.1) is 12.4 Å². The number of nitrogens with zero attached hydrogens (tertiary/aromatic N) is 2. The monoisotopic (exact) mass is 273 g/mol. The lowest BCUT2D eigenvalue weighted by molar-refractivity contribution is 0.531. The molecule has 18 heavy (non-hydrogen) atoms. The van der Waals surface area contributed by atoms with Gasteiger partial charge in [0.05, 0.1) is 6.20 Å². The molecule has 1 heterocycles. The molecule has 106 valence electrons. The number of unbranched alkanes of at least 4 members (excludes halogenated alkanes) is 4. The van der Waals surface area contributed by atoms with E-state index in [0.29, 0.717) is 6.04 Å². The number of hydrogen-bond donors (Lipinski definition) is 1. The van der Waals surface area contributed by atoms with E-state index in [4.69, 9.17) is 0 Å². The van der Waals surface area contributed by atoms with Gasteiger partial charge in [-0.3, -0.25) is 4.68 Å². The van der Waals surface area contributed by atoms with Gasteiger partial charge in [-0.2, -0.15) is 5.10 Å².